The number of carbonyl (C=O) groups excluding carboxylic acids is 2. The van der Waals surface area contributed by atoms with Crippen molar-refractivity contribution in [3.63, 3.8) is 0 Å². The molecule has 0 heterocycles. The van der Waals surface area contributed by atoms with Crippen LogP contribution in [0, 0.1) is 0 Å². The van der Waals surface area contributed by atoms with Gasteiger partial charge in [-0.15, -0.1) is 11.6 Å². The van der Waals surface area contributed by atoms with E-state index in [9.17, 15) is 18.4 Å². The fourth-order valence-corrected chi connectivity index (χ4v) is 1.07. The Morgan fingerprint density at radius 2 is 1.93 bits per heavy atom. The summed E-state index contributed by atoms with van der Waals surface area (Å²) in [5.41, 5.74) is -0.987. The summed E-state index contributed by atoms with van der Waals surface area (Å²) in [6, 6.07) is 0. The predicted molar refractivity (Wildman–Crippen MR) is 48.6 cm³/mol. The first-order chi connectivity index (χ1) is 6.28. The van der Waals surface area contributed by atoms with Crippen LogP contribution in [0.25, 0.3) is 0 Å². The SMILES string of the molecule is CC(C)(CC(=O)CCl)NC(=O)C(F)F. The zero-order valence-electron chi connectivity index (χ0n) is 7.94. The highest BCUT2D eigenvalue weighted by Crippen LogP contribution is 2.10. The minimum absolute atomic E-state index is 0.0606. The largest absolute Gasteiger partial charge is 0.346 e. The molecule has 0 aliphatic rings. The van der Waals surface area contributed by atoms with Crippen LogP contribution in [0.5, 0.6) is 0 Å². The number of Topliss-reactive ketones (excluding diaryl/α,β-unsaturated/α-hetero) is 1. The number of amides is 1. The van der Waals surface area contributed by atoms with E-state index in [2.05, 4.69) is 5.32 Å². The molecule has 6 heteroatoms. The Bertz CT molecular complexity index is 231. The molecule has 82 valence electrons. The van der Waals surface area contributed by atoms with E-state index >= 15 is 0 Å². The van der Waals surface area contributed by atoms with Gasteiger partial charge in [0.2, 0.25) is 0 Å². The normalized spacial score (nSPS) is 11.6. The van der Waals surface area contributed by atoms with Crippen LogP contribution in [-0.2, 0) is 9.59 Å². The number of hydrogen-bond acceptors (Lipinski definition) is 2. The van der Waals surface area contributed by atoms with Crippen molar-refractivity contribution in [2.75, 3.05) is 5.88 Å². The lowest BCUT2D eigenvalue weighted by molar-refractivity contribution is -0.133. The Morgan fingerprint density at radius 3 is 2.29 bits per heavy atom. The molecule has 0 fully saturated rings. The molecule has 0 atom stereocenters. The van der Waals surface area contributed by atoms with Gasteiger partial charge in [0.1, 0.15) is 5.78 Å². The highest BCUT2D eigenvalue weighted by atomic mass is 35.5. The monoisotopic (exact) mass is 227 g/mol. The molecular weight excluding hydrogens is 216 g/mol. The third kappa shape index (κ3) is 5.11. The van der Waals surface area contributed by atoms with Crippen LogP contribution >= 0.6 is 11.6 Å². The maximum absolute atomic E-state index is 11.9. The molecule has 14 heavy (non-hydrogen) atoms. The molecule has 0 aromatic carbocycles. The van der Waals surface area contributed by atoms with E-state index in [1.54, 1.807) is 0 Å². The van der Waals surface area contributed by atoms with E-state index in [-0.39, 0.29) is 18.1 Å². The molecule has 0 unspecified atom stereocenters. The summed E-state index contributed by atoms with van der Waals surface area (Å²) in [5.74, 6) is -1.86. The number of halogens is 3. The Labute approximate surface area is 85.8 Å². The Hall–Kier alpha value is -0.710. The number of rotatable bonds is 5. The lowest BCUT2D eigenvalue weighted by atomic mass is 9.98. The van der Waals surface area contributed by atoms with Gasteiger partial charge in [0.15, 0.2) is 0 Å². The number of hydrogen-bond donors (Lipinski definition) is 1. The minimum atomic E-state index is -3.07. The lowest BCUT2D eigenvalue weighted by Gasteiger charge is -2.24. The standard InChI is InChI=1S/C8H12ClF2NO2/c1-8(2,3-5(13)4-9)12-7(14)6(10)11/h6H,3-4H2,1-2H3,(H,12,14). The van der Waals surface area contributed by atoms with Crippen LogP contribution in [0.4, 0.5) is 8.78 Å². The second-order valence-corrected chi connectivity index (χ2v) is 3.79. The molecule has 0 saturated carbocycles. The zero-order valence-corrected chi connectivity index (χ0v) is 8.70. The fraction of sp³-hybridized carbons (Fsp3) is 0.750. The molecule has 3 nitrogen and oxygen atoms in total. The van der Waals surface area contributed by atoms with Crippen LogP contribution in [0.15, 0.2) is 0 Å². The smallest absolute Gasteiger partial charge is 0.315 e. The molecule has 1 N–H and O–H groups in total. The summed E-state index contributed by atoms with van der Waals surface area (Å²) in [6.45, 7) is 2.97. The van der Waals surface area contributed by atoms with Gasteiger partial charge < -0.3 is 5.32 Å². The number of carbonyl (C=O) groups is 2. The molecule has 0 spiro atoms. The highest BCUT2D eigenvalue weighted by Gasteiger charge is 2.27. The highest BCUT2D eigenvalue weighted by molar-refractivity contribution is 6.27. The summed E-state index contributed by atoms with van der Waals surface area (Å²) in [4.78, 5) is 21.5. The van der Waals surface area contributed by atoms with Crippen LogP contribution in [0.2, 0.25) is 0 Å². The molecule has 0 saturated heterocycles. The Balaban J connectivity index is 4.20. The summed E-state index contributed by atoms with van der Waals surface area (Å²) >= 11 is 5.25. The third-order valence-corrected chi connectivity index (χ3v) is 1.75. The van der Waals surface area contributed by atoms with Crippen molar-refractivity contribution in [3.8, 4) is 0 Å². The summed E-state index contributed by atoms with van der Waals surface area (Å²) < 4.78 is 23.7. The molecule has 0 aliphatic carbocycles. The molecule has 0 bridgehead atoms. The summed E-state index contributed by atoms with van der Waals surface area (Å²) in [5, 5.41) is 2.05. The van der Waals surface area contributed by atoms with Crippen LogP contribution in [0.1, 0.15) is 20.3 Å². The van der Waals surface area contributed by atoms with Crippen molar-refractivity contribution < 1.29 is 18.4 Å². The molecular formula is C8H12ClF2NO2. The minimum Gasteiger partial charge on any atom is -0.346 e. The number of alkyl halides is 3. The van der Waals surface area contributed by atoms with E-state index in [4.69, 9.17) is 11.6 Å². The maximum Gasteiger partial charge on any atom is 0.315 e. The van der Waals surface area contributed by atoms with Gasteiger partial charge in [0.05, 0.1) is 5.88 Å². The van der Waals surface area contributed by atoms with E-state index in [1.807, 2.05) is 0 Å². The van der Waals surface area contributed by atoms with E-state index in [0.717, 1.165) is 0 Å². The van der Waals surface area contributed by atoms with Crippen molar-refractivity contribution in [2.45, 2.75) is 32.2 Å². The van der Waals surface area contributed by atoms with E-state index in [1.165, 1.54) is 13.8 Å². The van der Waals surface area contributed by atoms with Crippen molar-refractivity contribution >= 4 is 23.3 Å². The first-order valence-corrected chi connectivity index (χ1v) is 4.50. The van der Waals surface area contributed by atoms with Crippen LogP contribution in [-0.4, -0.2) is 29.5 Å². The fourth-order valence-electron chi connectivity index (χ4n) is 0.972. The molecule has 0 rings (SSSR count). The lowest BCUT2D eigenvalue weighted by Crippen LogP contribution is -2.47. The second-order valence-electron chi connectivity index (χ2n) is 3.52. The maximum atomic E-state index is 11.9. The van der Waals surface area contributed by atoms with Crippen LogP contribution < -0.4 is 5.32 Å². The van der Waals surface area contributed by atoms with Crippen molar-refractivity contribution in [2.24, 2.45) is 0 Å². The first kappa shape index (κ1) is 13.3. The average molecular weight is 228 g/mol. The Morgan fingerprint density at radius 1 is 1.43 bits per heavy atom. The summed E-state index contributed by atoms with van der Waals surface area (Å²) in [7, 11) is 0. The van der Waals surface area contributed by atoms with E-state index in [0.29, 0.717) is 0 Å². The first-order valence-electron chi connectivity index (χ1n) is 3.96. The van der Waals surface area contributed by atoms with Crippen molar-refractivity contribution in [1.29, 1.82) is 0 Å². The molecule has 0 aliphatic heterocycles. The third-order valence-electron chi connectivity index (χ3n) is 1.45. The van der Waals surface area contributed by atoms with E-state index < -0.39 is 17.9 Å². The van der Waals surface area contributed by atoms with Gasteiger partial charge >= 0.3 is 6.43 Å². The van der Waals surface area contributed by atoms with Crippen molar-refractivity contribution in [3.05, 3.63) is 0 Å². The summed E-state index contributed by atoms with van der Waals surface area (Å²) in [6.07, 6.45) is -3.13. The molecule has 0 radical (unpaired) electrons. The average Bonchev–Trinajstić information content (AvgIpc) is 2.02. The van der Waals surface area contributed by atoms with Gasteiger partial charge in [0.25, 0.3) is 5.91 Å². The second kappa shape index (κ2) is 5.24. The van der Waals surface area contributed by atoms with Crippen molar-refractivity contribution in [1.82, 2.24) is 5.32 Å². The van der Waals surface area contributed by atoms with Gasteiger partial charge in [-0.05, 0) is 13.8 Å². The molecule has 0 aromatic rings. The van der Waals surface area contributed by atoms with Gasteiger partial charge in [-0.3, -0.25) is 9.59 Å². The van der Waals surface area contributed by atoms with Gasteiger partial charge in [-0.25, -0.2) is 0 Å². The zero-order chi connectivity index (χ0) is 11.4. The topological polar surface area (TPSA) is 46.2 Å². The number of nitrogens with one attached hydrogen (secondary N) is 1. The van der Waals surface area contributed by atoms with Gasteiger partial charge in [0, 0.05) is 12.0 Å². The molecule has 0 aromatic heterocycles. The molecule has 1 amide bonds. The Kier molecular flexibility index (Phi) is 4.97. The van der Waals surface area contributed by atoms with Gasteiger partial charge in [-0.1, -0.05) is 0 Å². The van der Waals surface area contributed by atoms with Crippen LogP contribution in [0.3, 0.4) is 0 Å². The number of ketones is 1. The van der Waals surface area contributed by atoms with Gasteiger partial charge in [-0.2, -0.15) is 8.78 Å². The quantitative estimate of drug-likeness (QED) is 0.721. The predicted octanol–water partition coefficient (Wildman–Crippen LogP) is 1.34.